The van der Waals surface area contributed by atoms with Gasteiger partial charge in [0.15, 0.2) is 0 Å². The van der Waals surface area contributed by atoms with E-state index in [9.17, 15) is 5.11 Å². The molecule has 1 N–H and O–H groups in total. The molecule has 4 aromatic rings. The lowest BCUT2D eigenvalue weighted by atomic mass is 10.0. The highest BCUT2D eigenvalue weighted by Gasteiger charge is 2.17. The van der Waals surface area contributed by atoms with E-state index in [4.69, 9.17) is 9.47 Å². The lowest BCUT2D eigenvalue weighted by Crippen LogP contribution is -2.05. The fraction of sp³-hybridized carbons (Fsp3) is 0.111. The van der Waals surface area contributed by atoms with Crippen LogP contribution in [0.5, 0.6) is 11.5 Å². The van der Waals surface area contributed by atoms with E-state index in [1.807, 2.05) is 103 Å². The first-order valence-corrected chi connectivity index (χ1v) is 10.9. The Labute approximate surface area is 191 Å². The van der Waals surface area contributed by atoms with E-state index in [2.05, 4.69) is 15.9 Å². The largest absolute Gasteiger partial charge is 0.489 e. The van der Waals surface area contributed by atoms with Crippen molar-refractivity contribution in [3.05, 3.63) is 130 Å². The molecule has 0 aliphatic rings. The third kappa shape index (κ3) is 5.54. The van der Waals surface area contributed by atoms with Gasteiger partial charge in [-0.15, -0.1) is 0 Å². The van der Waals surface area contributed by atoms with Gasteiger partial charge in [-0.05, 0) is 50.8 Å². The molecule has 0 spiro atoms. The minimum atomic E-state index is -0.813. The van der Waals surface area contributed by atoms with Gasteiger partial charge in [-0.25, -0.2) is 0 Å². The molecular weight excluding hydrogens is 452 g/mol. The van der Waals surface area contributed by atoms with Crippen molar-refractivity contribution in [1.29, 1.82) is 0 Å². The van der Waals surface area contributed by atoms with Gasteiger partial charge in [0.1, 0.15) is 30.8 Å². The van der Waals surface area contributed by atoms with Crippen LogP contribution in [0.25, 0.3) is 0 Å². The van der Waals surface area contributed by atoms with Crippen molar-refractivity contribution in [2.24, 2.45) is 0 Å². The summed E-state index contributed by atoms with van der Waals surface area (Å²) in [5, 5.41) is 11.1. The molecule has 4 aromatic carbocycles. The summed E-state index contributed by atoms with van der Waals surface area (Å²) in [6.45, 7) is 0.929. The van der Waals surface area contributed by atoms with Crippen molar-refractivity contribution >= 4 is 15.9 Å². The number of aliphatic hydroxyl groups excluding tert-OH is 1. The van der Waals surface area contributed by atoms with E-state index < -0.39 is 6.10 Å². The van der Waals surface area contributed by atoms with Crippen molar-refractivity contribution in [2.75, 3.05) is 0 Å². The first-order chi connectivity index (χ1) is 15.2. The highest BCUT2D eigenvalue weighted by Crippen LogP contribution is 2.34. The molecule has 0 amide bonds. The van der Waals surface area contributed by atoms with Gasteiger partial charge >= 0.3 is 0 Å². The lowest BCUT2D eigenvalue weighted by molar-refractivity contribution is 0.209. The molecule has 0 fully saturated rings. The fourth-order valence-electron chi connectivity index (χ4n) is 3.29. The SMILES string of the molecule is OC(c1ccc(OCc2ccccc2)c(Br)c1)c1ccccc1OCc1ccccc1. The van der Waals surface area contributed by atoms with Crippen LogP contribution in [-0.4, -0.2) is 5.11 Å². The third-order valence-electron chi connectivity index (χ3n) is 4.96. The number of rotatable bonds is 8. The Balaban J connectivity index is 1.48. The molecule has 0 aliphatic heterocycles. The first-order valence-electron chi connectivity index (χ1n) is 10.1. The van der Waals surface area contributed by atoms with E-state index in [0.29, 0.717) is 19.0 Å². The predicted octanol–water partition coefficient (Wildman–Crippen LogP) is 6.69. The van der Waals surface area contributed by atoms with E-state index in [-0.39, 0.29) is 0 Å². The molecule has 0 bridgehead atoms. The second kappa shape index (κ2) is 10.3. The van der Waals surface area contributed by atoms with Gasteiger partial charge in [-0.1, -0.05) is 84.9 Å². The van der Waals surface area contributed by atoms with Crippen LogP contribution < -0.4 is 9.47 Å². The Hall–Kier alpha value is -3.08. The van der Waals surface area contributed by atoms with Crippen LogP contribution in [0, 0.1) is 0 Å². The van der Waals surface area contributed by atoms with Gasteiger partial charge in [0.2, 0.25) is 0 Å². The lowest BCUT2D eigenvalue weighted by Gasteiger charge is -2.18. The molecule has 0 heterocycles. The van der Waals surface area contributed by atoms with Crippen molar-refractivity contribution in [2.45, 2.75) is 19.3 Å². The molecule has 1 unspecified atom stereocenters. The van der Waals surface area contributed by atoms with Gasteiger partial charge in [0.25, 0.3) is 0 Å². The minimum Gasteiger partial charge on any atom is -0.489 e. The van der Waals surface area contributed by atoms with Crippen LogP contribution >= 0.6 is 15.9 Å². The smallest absolute Gasteiger partial charge is 0.134 e. The summed E-state index contributed by atoms with van der Waals surface area (Å²) in [4.78, 5) is 0. The number of halogens is 1. The summed E-state index contributed by atoms with van der Waals surface area (Å²) >= 11 is 3.57. The summed E-state index contributed by atoms with van der Waals surface area (Å²) in [6, 6.07) is 33.2. The molecule has 0 saturated heterocycles. The van der Waals surface area contributed by atoms with Crippen LogP contribution in [0.3, 0.4) is 0 Å². The predicted molar refractivity (Wildman–Crippen MR) is 126 cm³/mol. The standard InChI is InChI=1S/C27H23BrO3/c28-24-17-22(15-16-26(24)31-19-21-11-5-2-6-12-21)27(29)23-13-7-8-14-25(23)30-18-20-9-3-1-4-10-20/h1-17,27,29H,18-19H2. The van der Waals surface area contributed by atoms with Crippen LogP contribution in [0.2, 0.25) is 0 Å². The highest BCUT2D eigenvalue weighted by molar-refractivity contribution is 9.10. The molecular formula is C27H23BrO3. The molecule has 0 radical (unpaired) electrons. The van der Waals surface area contributed by atoms with Crippen LogP contribution in [0.4, 0.5) is 0 Å². The van der Waals surface area contributed by atoms with E-state index >= 15 is 0 Å². The average molecular weight is 475 g/mol. The number of ether oxygens (including phenoxy) is 2. The quantitative estimate of drug-likeness (QED) is 0.309. The van der Waals surface area contributed by atoms with E-state index in [1.165, 1.54) is 0 Å². The fourth-order valence-corrected chi connectivity index (χ4v) is 3.80. The topological polar surface area (TPSA) is 38.7 Å². The maximum absolute atomic E-state index is 11.1. The van der Waals surface area contributed by atoms with Gasteiger partial charge in [0, 0.05) is 5.56 Å². The summed E-state index contributed by atoms with van der Waals surface area (Å²) in [6.07, 6.45) is -0.813. The van der Waals surface area contributed by atoms with E-state index in [1.54, 1.807) is 0 Å². The maximum Gasteiger partial charge on any atom is 0.134 e. The van der Waals surface area contributed by atoms with Crippen molar-refractivity contribution < 1.29 is 14.6 Å². The van der Waals surface area contributed by atoms with Crippen LogP contribution in [-0.2, 0) is 13.2 Å². The summed E-state index contributed by atoms with van der Waals surface area (Å²) in [5.41, 5.74) is 3.66. The highest BCUT2D eigenvalue weighted by atomic mass is 79.9. The van der Waals surface area contributed by atoms with Gasteiger partial charge in [-0.2, -0.15) is 0 Å². The molecule has 1 atom stereocenters. The number of hydrogen-bond donors (Lipinski definition) is 1. The van der Waals surface area contributed by atoms with Gasteiger partial charge in [-0.3, -0.25) is 0 Å². The summed E-state index contributed by atoms with van der Waals surface area (Å²) in [5.74, 6) is 1.40. The Kier molecular flexibility index (Phi) is 7.03. The molecule has 156 valence electrons. The third-order valence-corrected chi connectivity index (χ3v) is 5.58. The van der Waals surface area contributed by atoms with Crippen molar-refractivity contribution in [3.8, 4) is 11.5 Å². The van der Waals surface area contributed by atoms with Crippen LogP contribution in [0.15, 0.2) is 108 Å². The van der Waals surface area contributed by atoms with Crippen molar-refractivity contribution in [3.63, 3.8) is 0 Å². The monoisotopic (exact) mass is 474 g/mol. The minimum absolute atomic E-state index is 0.445. The zero-order valence-electron chi connectivity index (χ0n) is 16.9. The molecule has 4 rings (SSSR count). The Morgan fingerprint density at radius 3 is 1.81 bits per heavy atom. The van der Waals surface area contributed by atoms with Gasteiger partial charge < -0.3 is 14.6 Å². The van der Waals surface area contributed by atoms with E-state index in [0.717, 1.165) is 32.5 Å². The molecule has 4 heteroatoms. The Bertz CT molecular complexity index is 1110. The van der Waals surface area contributed by atoms with Gasteiger partial charge in [0.05, 0.1) is 4.47 Å². The second-order valence-corrected chi connectivity index (χ2v) is 8.03. The average Bonchev–Trinajstić information content (AvgIpc) is 2.83. The molecule has 31 heavy (non-hydrogen) atoms. The number of hydrogen-bond acceptors (Lipinski definition) is 3. The Morgan fingerprint density at radius 1 is 0.645 bits per heavy atom. The number of aliphatic hydroxyl groups is 1. The zero-order valence-corrected chi connectivity index (χ0v) is 18.5. The number of para-hydroxylation sites is 1. The second-order valence-electron chi connectivity index (χ2n) is 7.18. The molecule has 3 nitrogen and oxygen atoms in total. The summed E-state index contributed by atoms with van der Waals surface area (Å²) < 4.78 is 12.7. The molecule has 0 aromatic heterocycles. The Morgan fingerprint density at radius 2 is 1.19 bits per heavy atom. The maximum atomic E-state index is 11.1. The molecule has 0 saturated carbocycles. The summed E-state index contributed by atoms with van der Waals surface area (Å²) in [7, 11) is 0. The molecule has 0 aliphatic carbocycles. The first kappa shape index (κ1) is 21.2. The number of benzene rings is 4. The normalized spacial score (nSPS) is 11.7. The zero-order chi connectivity index (χ0) is 21.5. The van der Waals surface area contributed by atoms with Crippen molar-refractivity contribution in [1.82, 2.24) is 0 Å². The van der Waals surface area contributed by atoms with Crippen LogP contribution in [0.1, 0.15) is 28.4 Å².